The van der Waals surface area contributed by atoms with Crippen LogP contribution in [-0.2, 0) is 262 Å². The maximum atomic E-state index is 4.78. The van der Waals surface area contributed by atoms with E-state index >= 15 is 0 Å². The van der Waals surface area contributed by atoms with E-state index in [0.29, 0.717) is 10.5 Å². The van der Waals surface area contributed by atoms with Gasteiger partial charge in [0.2, 0.25) is 0 Å². The topological polar surface area (TPSA) is 12.9 Å². The largest absolute Gasteiger partial charge is 0.249 e. The number of rotatable bonds is 3. The molecule has 0 bridgehead atoms. The smallest absolute Gasteiger partial charge is 0.106 e. The quantitative estimate of drug-likeness (QED) is 0.354. The van der Waals surface area contributed by atoms with E-state index < -0.39 is 0 Å². The number of hydrogen-bond donors (Lipinski definition) is 1. The molecule has 44 heavy (non-hydrogen) atoms. The van der Waals surface area contributed by atoms with Gasteiger partial charge in [0.05, 0.1) is 0 Å². The van der Waals surface area contributed by atoms with Gasteiger partial charge in [-0.25, -0.2) is 4.98 Å². The van der Waals surface area contributed by atoms with E-state index in [0.717, 1.165) is 5.03 Å². The van der Waals surface area contributed by atoms with Gasteiger partial charge in [-0.05, 0) is 28.2 Å². The van der Waals surface area contributed by atoms with Gasteiger partial charge >= 0.3 is 0 Å². The molecule has 0 unspecified atom stereocenters. The van der Waals surface area contributed by atoms with E-state index in [1.165, 1.54) is 17.8 Å². The highest BCUT2D eigenvalue weighted by Gasteiger charge is 1.97. The zero-order chi connectivity index (χ0) is 32.8. The highest BCUT2D eigenvalue weighted by Crippen LogP contribution is 2.32. The first-order chi connectivity index (χ1) is 21.4. The van der Waals surface area contributed by atoms with Crippen LogP contribution >= 0.6 is 34.2 Å². The first-order valence-corrected chi connectivity index (χ1v) is 49.7. The van der Waals surface area contributed by atoms with E-state index in [9.17, 15) is 0 Å². The Labute approximate surface area is 360 Å². The fourth-order valence-electron chi connectivity index (χ4n) is 0.825. The zero-order valence-corrected chi connectivity index (χ0v) is 47.7. The molecule has 0 saturated heterocycles. The molecule has 260 valence electrons. The van der Waals surface area contributed by atoms with E-state index in [1.807, 2.05) is 147 Å². The third kappa shape index (κ3) is 52.9. The molecule has 0 spiro atoms. The van der Waals surface area contributed by atoms with E-state index in [2.05, 4.69) is 31.5 Å². The maximum Gasteiger partial charge on any atom is 0.106 e. The average Bonchev–Trinajstić information content (AvgIpc) is 3.00. The van der Waals surface area contributed by atoms with Crippen molar-refractivity contribution in [2.75, 3.05) is 0 Å². The molecule has 0 atom stereocenters. The molecule has 0 aliphatic carbocycles. The van der Waals surface area contributed by atoms with Gasteiger partial charge in [-0.15, -0.1) is 0 Å². The molecule has 0 saturated carbocycles. The normalized spacial score (nSPS) is 8.43. The molecular formula is C11H19NS32. The summed E-state index contributed by atoms with van der Waals surface area (Å²) in [5.41, 5.74) is 0. The second-order valence-electron chi connectivity index (χ2n) is 5.33. The third-order valence-corrected chi connectivity index (χ3v) is 62.3. The predicted octanol–water partition coefficient (Wildman–Crippen LogP) is 4.49. The van der Waals surface area contributed by atoms with Crippen molar-refractivity contribution >= 4 is 296 Å². The van der Waals surface area contributed by atoms with Crippen molar-refractivity contribution in [1.29, 1.82) is 0 Å². The summed E-state index contributed by atoms with van der Waals surface area (Å²) in [6.45, 7) is 8.42. The molecule has 1 aromatic heterocycles. The van der Waals surface area contributed by atoms with Crippen LogP contribution in [0.25, 0.3) is 0 Å². The van der Waals surface area contributed by atoms with Crippen LogP contribution < -0.4 is 0 Å². The van der Waals surface area contributed by atoms with Crippen molar-refractivity contribution < 1.29 is 0 Å². The lowest BCUT2D eigenvalue weighted by Gasteiger charge is -2.01. The Kier molecular flexibility index (Phi) is 57.0. The van der Waals surface area contributed by atoms with Crippen molar-refractivity contribution in [2.45, 2.75) is 43.2 Å². The lowest BCUT2D eigenvalue weighted by Crippen LogP contribution is -1.81. The summed E-state index contributed by atoms with van der Waals surface area (Å²) < 4.78 is 0. The number of nitrogens with zero attached hydrogens (tertiary/aromatic N) is 1. The predicted molar refractivity (Wildman–Crippen MR) is 291 cm³/mol. The lowest BCUT2D eigenvalue weighted by atomic mass is 10.5. The molecule has 0 radical (unpaired) electrons. The summed E-state index contributed by atoms with van der Waals surface area (Å²) in [6.07, 6.45) is 1.82. The highest BCUT2D eigenvalue weighted by molar-refractivity contribution is 8.80. The van der Waals surface area contributed by atoms with Crippen molar-refractivity contribution in [3.63, 3.8) is 0 Å². The van der Waals surface area contributed by atoms with Gasteiger partial charge in [0.1, 0.15) is 5.03 Å². The standard InChI is InChI=1S/C8H11NS2.C3H8S.S29/c1-7(2)10-11-8-5-3-4-6-9-8;1-3(2)4;1-3-5-7-9-11-13-15-17-19-21-23-25-27-29-28-26-24-22-20-18-16-14-12-10-8-6-4-2/h3-7H,1-2H3;3-4H,1-2H3;. The molecule has 0 aliphatic heterocycles. The zero-order valence-electron chi connectivity index (χ0n) is 21.5. The lowest BCUT2D eigenvalue weighted by molar-refractivity contribution is 1.12. The SMILES string of the molecule is CC(C)S.CC(C)SSc1ccccn1.S=S=S=S=S=S=S=S=S=S=S=S=S=S=S=S=S=S=S=S=S=S=S=S=S=S=S=S=S. The van der Waals surface area contributed by atoms with Crippen molar-refractivity contribution in [3.05, 3.63) is 24.4 Å². The molecule has 33 heteroatoms. The van der Waals surface area contributed by atoms with Gasteiger partial charge in [0.15, 0.2) is 0 Å². The fourth-order valence-corrected chi connectivity index (χ4v) is 71.1. The van der Waals surface area contributed by atoms with Crippen LogP contribution in [0.15, 0.2) is 29.4 Å². The molecule has 1 nitrogen and oxygen atoms in total. The number of pyridine rings is 1. The highest BCUT2D eigenvalue weighted by atomic mass is 33.5. The molecule has 1 aromatic rings. The Balaban J connectivity index is 0. The minimum absolute atomic E-state index is 0.528. The van der Waals surface area contributed by atoms with Crippen LogP contribution in [0.5, 0.6) is 0 Å². The molecule has 0 aliphatic rings. The number of aromatic nitrogens is 1. The van der Waals surface area contributed by atoms with Gasteiger partial charge in [-0.3, -0.25) is 0 Å². The Morgan fingerprint density at radius 3 is 0.977 bits per heavy atom. The van der Waals surface area contributed by atoms with Crippen LogP contribution in [0, 0.1) is 0 Å². The van der Waals surface area contributed by atoms with Gasteiger partial charge < -0.3 is 0 Å². The number of thiol groups is 1. The molecule has 0 N–H and O–H groups in total. The molecule has 1 heterocycles. The van der Waals surface area contributed by atoms with Crippen LogP contribution in [0.1, 0.15) is 27.7 Å². The van der Waals surface area contributed by atoms with E-state index in [4.69, 9.17) is 22.4 Å². The van der Waals surface area contributed by atoms with E-state index in [-0.39, 0.29) is 0 Å². The summed E-state index contributed by atoms with van der Waals surface area (Å²) in [6, 6.07) is 5.97. The molecule has 0 fully saturated rings. The molecule has 0 amide bonds. The molecular weight excluding hydrogens is 1170 g/mol. The van der Waals surface area contributed by atoms with Crippen LogP contribution in [0.2, 0.25) is 0 Å². The maximum absolute atomic E-state index is 4.78. The summed E-state index contributed by atoms with van der Waals surface area (Å²) in [5.74, 6) is 0. The summed E-state index contributed by atoms with van der Waals surface area (Å²) in [5, 5.41) is 2.27. The van der Waals surface area contributed by atoms with Crippen molar-refractivity contribution in [1.82, 2.24) is 4.98 Å². The Morgan fingerprint density at radius 1 is 0.500 bits per heavy atom. The van der Waals surface area contributed by atoms with Crippen LogP contribution in [-0.4, -0.2) is 15.5 Å². The monoisotopic (exact) mass is 1190 g/mol. The first-order valence-electron chi connectivity index (χ1n) is 9.61. The fraction of sp³-hybridized carbons (Fsp3) is 0.545. The molecule has 0 aromatic carbocycles. The summed E-state index contributed by atoms with van der Waals surface area (Å²) >= 11 is 13.5. The minimum Gasteiger partial charge on any atom is -0.249 e. The second-order valence-corrected chi connectivity index (χ2v) is 56.9. The van der Waals surface area contributed by atoms with Crippen LogP contribution in [0.3, 0.4) is 0 Å². The Morgan fingerprint density at radius 2 is 0.773 bits per heavy atom. The Hall–Kier alpha value is 6.58. The number of hydrogen-bond acceptors (Lipinski definition) is 6. The summed E-state index contributed by atoms with van der Waals surface area (Å²) in [4.78, 5) is 4.19. The Bertz CT molecular complexity index is 2050. The van der Waals surface area contributed by atoms with Crippen LogP contribution in [0.4, 0.5) is 0 Å². The summed E-state index contributed by atoms with van der Waals surface area (Å²) in [7, 11) is 50.8. The average molecular weight is 1190 g/mol. The second kappa shape index (κ2) is 47.6. The minimum atomic E-state index is 0.528. The van der Waals surface area contributed by atoms with Gasteiger partial charge in [0, 0.05) is 274 Å². The van der Waals surface area contributed by atoms with Gasteiger partial charge in [0.25, 0.3) is 0 Å². The molecule has 1 rings (SSSR count). The third-order valence-electron chi connectivity index (χ3n) is 1.69. The van der Waals surface area contributed by atoms with Crippen molar-refractivity contribution in [2.24, 2.45) is 0 Å². The first kappa shape index (κ1) is 52.7. The van der Waals surface area contributed by atoms with E-state index in [1.54, 1.807) is 135 Å². The van der Waals surface area contributed by atoms with Gasteiger partial charge in [-0.1, -0.05) is 44.6 Å². The van der Waals surface area contributed by atoms with Gasteiger partial charge in [-0.2, -0.15) is 12.6 Å². The van der Waals surface area contributed by atoms with Crippen molar-refractivity contribution in [3.8, 4) is 0 Å².